The summed E-state index contributed by atoms with van der Waals surface area (Å²) in [5, 5.41) is 10.1. The van der Waals surface area contributed by atoms with Gasteiger partial charge < -0.3 is 0 Å². The van der Waals surface area contributed by atoms with Crippen LogP contribution in [0.4, 0.5) is 0 Å². The zero-order valence-corrected chi connectivity index (χ0v) is 22.9. The fraction of sp³-hybridized carbons (Fsp3) is 0.333. The molecule has 0 N–H and O–H groups in total. The van der Waals surface area contributed by atoms with Gasteiger partial charge in [-0.1, -0.05) is 0 Å². The van der Waals surface area contributed by atoms with E-state index in [1.165, 1.54) is 11.1 Å². The van der Waals surface area contributed by atoms with Crippen molar-refractivity contribution in [2.24, 2.45) is 0 Å². The number of rotatable bonds is 6. The van der Waals surface area contributed by atoms with Crippen molar-refractivity contribution < 1.29 is 15.7 Å². The van der Waals surface area contributed by atoms with Crippen LogP contribution in [0.5, 0.6) is 0 Å². The summed E-state index contributed by atoms with van der Waals surface area (Å²) in [6.07, 6.45) is 7.84. The van der Waals surface area contributed by atoms with Crippen LogP contribution in [0.1, 0.15) is 23.7 Å². The fourth-order valence-corrected chi connectivity index (χ4v) is 17.1. The Hall–Kier alpha value is -0.609. The topological polar surface area (TPSA) is 9.23 Å². The summed E-state index contributed by atoms with van der Waals surface area (Å²) in [7, 11) is 0. The summed E-state index contributed by atoms with van der Waals surface area (Å²) < 4.78 is 9.20. The average Bonchev–Trinajstić information content (AvgIpc) is 3.18. The standard InChI is InChI=1S/C13H11O.C5H5.C2H7Si.4CH3.2ClH.Ti/c14-13(11-7-3-1-4-8-11)12-9-5-2-6-10-12;1-2-4-5-3-1;1-3-2;;;;;;;/h1-10,13H;1-3H,4H2;3H,1-2H3;4*1H3;2*1H;/q-1;;;;;;;;;+1. The summed E-state index contributed by atoms with van der Waals surface area (Å²) in [6, 6.07) is 21.5. The second kappa shape index (κ2) is 7.51. The summed E-state index contributed by atoms with van der Waals surface area (Å²) in [5.41, 5.74) is 2.48. The molecule has 2 aromatic carbocycles. The van der Waals surface area contributed by atoms with Crippen LogP contribution in [0, 0.1) is 0 Å². The third-order valence-electron chi connectivity index (χ3n) is 8.13. The van der Waals surface area contributed by atoms with Crippen molar-refractivity contribution in [3.8, 4) is 0 Å². The largest absolute Gasteiger partial charge is 0.147 e. The van der Waals surface area contributed by atoms with Crippen LogP contribution in [-0.2, 0) is 15.7 Å². The van der Waals surface area contributed by atoms with E-state index in [1.807, 2.05) is 0 Å². The molecule has 0 saturated carbocycles. The van der Waals surface area contributed by atoms with Gasteiger partial charge in [0.2, 0.25) is 0 Å². The van der Waals surface area contributed by atoms with Crippen molar-refractivity contribution in [3.05, 3.63) is 93.9 Å². The van der Waals surface area contributed by atoms with E-state index >= 15 is 0 Å². The normalized spacial score (nSPS) is 17.4. The first kappa shape index (κ1) is 26.4. The molecule has 3 rings (SSSR count). The molecule has 0 radical (unpaired) electrons. The molecule has 0 spiro atoms. The Labute approximate surface area is 186 Å². The van der Waals surface area contributed by atoms with Crippen LogP contribution < -0.4 is 0 Å². The molecule has 1 aliphatic carbocycles. The number of hydrogen-bond donors (Lipinski definition) is 0. The molecule has 0 fully saturated rings. The van der Waals surface area contributed by atoms with E-state index in [1.54, 1.807) is 3.88 Å². The number of halogens is 2. The van der Waals surface area contributed by atoms with Crippen molar-refractivity contribution in [2.75, 3.05) is 0 Å². The molecule has 0 amide bonds. The predicted octanol–water partition coefficient (Wildman–Crippen LogP) is 8.33. The van der Waals surface area contributed by atoms with E-state index in [2.05, 4.69) is 113 Å². The van der Waals surface area contributed by atoms with Gasteiger partial charge in [0.1, 0.15) is 0 Å². The molecule has 5 heteroatoms. The number of allylic oxidation sites excluding steroid dienone is 4. The molecular weight excluding hydrogens is 451 g/mol. The molecule has 1 aliphatic rings. The van der Waals surface area contributed by atoms with Crippen molar-refractivity contribution in [1.82, 2.24) is 0 Å². The van der Waals surface area contributed by atoms with Gasteiger partial charge in [-0.05, 0) is 0 Å². The Kier molecular flexibility index (Phi) is 6.85. The quantitative estimate of drug-likeness (QED) is 0.372. The molecule has 0 saturated heterocycles. The maximum atomic E-state index is 7.65. The Balaban J connectivity index is 0.00000210. The third-order valence-corrected chi connectivity index (χ3v) is 50.3. The minimum absolute atomic E-state index is 0. The smallest absolute Gasteiger partial charge is 0.147 e. The molecule has 2 aromatic rings. The zero-order valence-electron chi connectivity index (χ0n) is 18.6. The van der Waals surface area contributed by atoms with Gasteiger partial charge in [-0.25, -0.2) is 0 Å². The van der Waals surface area contributed by atoms with Gasteiger partial charge in [-0.3, -0.25) is 0 Å². The van der Waals surface area contributed by atoms with Gasteiger partial charge >= 0.3 is 163 Å². The Morgan fingerprint density at radius 1 is 0.793 bits per heavy atom. The van der Waals surface area contributed by atoms with E-state index in [-0.39, 0.29) is 30.9 Å². The van der Waals surface area contributed by atoms with Crippen molar-refractivity contribution in [2.45, 2.75) is 46.5 Å². The van der Waals surface area contributed by atoms with Crippen LogP contribution in [0.15, 0.2) is 82.8 Å². The fourth-order valence-electron chi connectivity index (χ4n) is 4.14. The van der Waals surface area contributed by atoms with Gasteiger partial charge in [0.15, 0.2) is 0 Å². The van der Waals surface area contributed by atoms with E-state index in [0.717, 1.165) is 6.42 Å². The first-order chi connectivity index (χ1) is 12.4. The molecule has 161 valence electrons. The summed E-state index contributed by atoms with van der Waals surface area (Å²) >= 11 is -4.44. The first-order valence-corrected chi connectivity index (χ1v) is 23.5. The SMILES string of the molecule is C[SiH](C)[Ti]([CH3])([CH3])([CH3])([CH3])([O]C(c1ccccc1)c1ccccc1)[C]1=CC=CC1.Cl.Cl. The minimum Gasteiger partial charge on any atom is -0.147 e. The average molecular weight is 488 g/mol. The Morgan fingerprint density at radius 2 is 1.24 bits per heavy atom. The second-order valence-electron chi connectivity index (χ2n) is 12.1. The molecule has 1 nitrogen and oxygen atoms in total. The monoisotopic (exact) mass is 487 g/mol. The summed E-state index contributed by atoms with van der Waals surface area (Å²) in [6.45, 7) is 3.72. The van der Waals surface area contributed by atoms with Gasteiger partial charge in [0.05, 0.1) is 0 Å². The van der Waals surface area contributed by atoms with Crippen molar-refractivity contribution in [3.63, 3.8) is 0 Å². The zero-order chi connectivity index (χ0) is 19.9. The van der Waals surface area contributed by atoms with Crippen LogP contribution in [-0.4, -0.2) is 6.66 Å². The first-order valence-electron chi connectivity index (χ1n) is 10.2. The molecule has 0 bridgehead atoms. The number of benzene rings is 2. The maximum Gasteiger partial charge on any atom is -0.147 e. The van der Waals surface area contributed by atoms with Gasteiger partial charge in [-0.2, -0.15) is 0 Å². The molecule has 0 atom stereocenters. The van der Waals surface area contributed by atoms with Crippen LogP contribution in [0.2, 0.25) is 34.0 Å². The Morgan fingerprint density at radius 3 is 1.59 bits per heavy atom. The van der Waals surface area contributed by atoms with Crippen molar-refractivity contribution >= 4 is 31.5 Å². The van der Waals surface area contributed by atoms with Gasteiger partial charge in [-0.15, -0.1) is 24.8 Å². The molecule has 0 heterocycles. The van der Waals surface area contributed by atoms with E-state index in [9.17, 15) is 0 Å². The molecule has 0 aromatic heterocycles. The third kappa shape index (κ3) is 4.54. The summed E-state index contributed by atoms with van der Waals surface area (Å²) in [4.78, 5) is 0. The summed E-state index contributed by atoms with van der Waals surface area (Å²) in [5.74, 6) is 0. The Bertz CT molecular complexity index is 884. The maximum absolute atomic E-state index is 7.65. The van der Waals surface area contributed by atoms with E-state index in [4.69, 9.17) is 3.32 Å². The van der Waals surface area contributed by atoms with Crippen molar-refractivity contribution in [1.29, 1.82) is 0 Å². The van der Waals surface area contributed by atoms with E-state index < -0.39 is 19.0 Å². The van der Waals surface area contributed by atoms with Crippen LogP contribution in [0.25, 0.3) is 0 Å². The second-order valence-corrected chi connectivity index (χ2v) is 52.7. The molecule has 0 aliphatic heterocycles. The molecular formula is C24H37Cl2OSiTi. The van der Waals surface area contributed by atoms with Gasteiger partial charge in [0.25, 0.3) is 0 Å². The number of hydrogen-bond acceptors (Lipinski definition) is 1. The van der Waals surface area contributed by atoms with Crippen LogP contribution in [0.3, 0.4) is 0 Å². The minimum atomic E-state index is -4.44. The molecule has 29 heavy (non-hydrogen) atoms. The predicted molar refractivity (Wildman–Crippen MR) is 134 cm³/mol. The van der Waals surface area contributed by atoms with Crippen LogP contribution >= 0.6 is 24.8 Å². The van der Waals surface area contributed by atoms with Gasteiger partial charge in [0, 0.05) is 0 Å². The van der Waals surface area contributed by atoms with E-state index in [0.29, 0.717) is 0 Å². The molecule has 0 unspecified atom stereocenters.